The van der Waals surface area contributed by atoms with Crippen LogP contribution in [0.1, 0.15) is 51.0 Å². The number of carbonyl (C=O) groups is 1. The molecule has 0 radical (unpaired) electrons. The predicted octanol–water partition coefficient (Wildman–Crippen LogP) is 3.21. The maximum atomic E-state index is 12.7. The summed E-state index contributed by atoms with van der Waals surface area (Å²) in [5.74, 6) is 2.39. The zero-order valence-corrected chi connectivity index (χ0v) is 15.2. The molecule has 25 heavy (non-hydrogen) atoms. The van der Waals surface area contributed by atoms with E-state index in [1.54, 1.807) is 18.3 Å². The molecule has 1 saturated carbocycles. The van der Waals surface area contributed by atoms with Gasteiger partial charge in [0.1, 0.15) is 11.9 Å². The SMILES string of the molecule is C[C@H]1CCC[C@@H](CC(=O)N2CCCN(c3ncccc3C#N)CC2)C1. The highest BCUT2D eigenvalue weighted by molar-refractivity contribution is 5.76. The third kappa shape index (κ3) is 4.50. The predicted molar refractivity (Wildman–Crippen MR) is 98.1 cm³/mol. The first kappa shape index (κ1) is 17.7. The number of amides is 1. The molecule has 134 valence electrons. The molecule has 2 atom stereocenters. The minimum Gasteiger partial charge on any atom is -0.354 e. The monoisotopic (exact) mass is 340 g/mol. The smallest absolute Gasteiger partial charge is 0.222 e. The van der Waals surface area contributed by atoms with Gasteiger partial charge in [-0.2, -0.15) is 5.26 Å². The van der Waals surface area contributed by atoms with Crippen molar-refractivity contribution in [2.45, 2.75) is 45.4 Å². The first-order valence-electron chi connectivity index (χ1n) is 9.55. The van der Waals surface area contributed by atoms with Crippen LogP contribution in [-0.4, -0.2) is 42.0 Å². The summed E-state index contributed by atoms with van der Waals surface area (Å²) in [4.78, 5) is 21.3. The molecule has 1 aromatic rings. The van der Waals surface area contributed by atoms with Crippen molar-refractivity contribution in [3.05, 3.63) is 23.9 Å². The highest BCUT2D eigenvalue weighted by atomic mass is 16.2. The lowest BCUT2D eigenvalue weighted by Gasteiger charge is -2.29. The third-order valence-corrected chi connectivity index (χ3v) is 5.56. The van der Waals surface area contributed by atoms with E-state index in [1.807, 2.05) is 4.90 Å². The average molecular weight is 340 g/mol. The maximum absolute atomic E-state index is 12.7. The van der Waals surface area contributed by atoms with Crippen LogP contribution in [0.2, 0.25) is 0 Å². The standard InChI is InChI=1S/C20H28N4O/c1-16-5-2-6-17(13-16)14-19(25)23-9-4-10-24(12-11-23)20-18(15-21)7-3-8-22-20/h3,7-8,16-17H,2,4-6,9-14H2,1H3/t16-,17+/m0/s1. The Bertz CT molecular complexity index is 639. The lowest BCUT2D eigenvalue weighted by atomic mass is 9.80. The fourth-order valence-corrected chi connectivity index (χ4v) is 4.24. The summed E-state index contributed by atoms with van der Waals surface area (Å²) in [6, 6.07) is 5.82. The minimum absolute atomic E-state index is 0.308. The second-order valence-electron chi connectivity index (χ2n) is 7.55. The van der Waals surface area contributed by atoms with Crippen molar-refractivity contribution in [2.24, 2.45) is 11.8 Å². The van der Waals surface area contributed by atoms with Gasteiger partial charge in [0.15, 0.2) is 0 Å². The molecule has 2 aliphatic rings. The van der Waals surface area contributed by atoms with Crippen molar-refractivity contribution >= 4 is 11.7 Å². The van der Waals surface area contributed by atoms with E-state index in [0.29, 0.717) is 23.8 Å². The minimum atomic E-state index is 0.308. The Morgan fingerprint density at radius 3 is 2.96 bits per heavy atom. The van der Waals surface area contributed by atoms with E-state index < -0.39 is 0 Å². The van der Waals surface area contributed by atoms with Gasteiger partial charge in [-0.05, 0) is 43.2 Å². The van der Waals surface area contributed by atoms with Crippen molar-refractivity contribution in [1.29, 1.82) is 5.26 Å². The van der Waals surface area contributed by atoms with Crippen molar-refractivity contribution in [3.8, 4) is 6.07 Å². The lowest BCUT2D eigenvalue weighted by Crippen LogP contribution is -2.36. The van der Waals surface area contributed by atoms with E-state index in [1.165, 1.54) is 25.7 Å². The Kier molecular flexibility index (Phi) is 5.91. The fourth-order valence-electron chi connectivity index (χ4n) is 4.24. The summed E-state index contributed by atoms with van der Waals surface area (Å²) in [6.45, 7) is 5.43. The number of rotatable bonds is 3. The normalized spacial score (nSPS) is 24.5. The zero-order chi connectivity index (χ0) is 17.6. The Balaban J connectivity index is 1.58. The van der Waals surface area contributed by atoms with Crippen LogP contribution < -0.4 is 4.90 Å². The third-order valence-electron chi connectivity index (χ3n) is 5.56. The Labute approximate surface area is 150 Å². The molecule has 0 unspecified atom stereocenters. The van der Waals surface area contributed by atoms with Crippen LogP contribution in [0.3, 0.4) is 0 Å². The molecule has 1 aromatic heterocycles. The Morgan fingerprint density at radius 1 is 1.28 bits per heavy atom. The highest BCUT2D eigenvalue weighted by Crippen LogP contribution is 2.31. The summed E-state index contributed by atoms with van der Waals surface area (Å²) < 4.78 is 0. The summed E-state index contributed by atoms with van der Waals surface area (Å²) in [5.41, 5.74) is 0.610. The molecule has 0 aromatic carbocycles. The van der Waals surface area contributed by atoms with Crippen LogP contribution in [0.25, 0.3) is 0 Å². The Morgan fingerprint density at radius 2 is 2.16 bits per heavy atom. The summed E-state index contributed by atoms with van der Waals surface area (Å²) in [5, 5.41) is 9.28. The van der Waals surface area contributed by atoms with E-state index >= 15 is 0 Å². The number of pyridine rings is 1. The van der Waals surface area contributed by atoms with Crippen molar-refractivity contribution in [3.63, 3.8) is 0 Å². The number of aromatic nitrogens is 1. The van der Waals surface area contributed by atoms with Gasteiger partial charge >= 0.3 is 0 Å². The first-order valence-corrected chi connectivity index (χ1v) is 9.55. The molecule has 5 heteroatoms. The van der Waals surface area contributed by atoms with Crippen LogP contribution in [-0.2, 0) is 4.79 Å². The highest BCUT2D eigenvalue weighted by Gasteiger charge is 2.26. The molecule has 1 amide bonds. The second-order valence-corrected chi connectivity index (χ2v) is 7.55. The van der Waals surface area contributed by atoms with Crippen LogP contribution in [0.5, 0.6) is 0 Å². The molecule has 3 rings (SSSR count). The van der Waals surface area contributed by atoms with Crippen LogP contribution in [0.4, 0.5) is 5.82 Å². The van der Waals surface area contributed by atoms with E-state index in [4.69, 9.17) is 0 Å². The molecule has 0 N–H and O–H groups in total. The van der Waals surface area contributed by atoms with Gasteiger partial charge in [-0.3, -0.25) is 4.79 Å². The average Bonchev–Trinajstić information content (AvgIpc) is 2.88. The molecule has 0 bridgehead atoms. The van der Waals surface area contributed by atoms with Gasteiger partial charge < -0.3 is 9.80 Å². The van der Waals surface area contributed by atoms with Gasteiger partial charge in [-0.25, -0.2) is 4.98 Å². The van der Waals surface area contributed by atoms with Gasteiger partial charge in [0.25, 0.3) is 0 Å². The molecular weight excluding hydrogens is 312 g/mol. The number of carbonyl (C=O) groups excluding carboxylic acids is 1. The van der Waals surface area contributed by atoms with Gasteiger partial charge in [0.05, 0.1) is 5.56 Å². The molecule has 1 saturated heterocycles. The van der Waals surface area contributed by atoms with Gasteiger partial charge in [0, 0.05) is 38.8 Å². The summed E-state index contributed by atoms with van der Waals surface area (Å²) in [7, 11) is 0. The summed E-state index contributed by atoms with van der Waals surface area (Å²) >= 11 is 0. The summed E-state index contributed by atoms with van der Waals surface area (Å²) in [6.07, 6.45) is 8.35. The largest absolute Gasteiger partial charge is 0.354 e. The maximum Gasteiger partial charge on any atom is 0.222 e. The van der Waals surface area contributed by atoms with E-state index in [0.717, 1.165) is 44.3 Å². The molecule has 1 aliphatic carbocycles. The molecule has 2 fully saturated rings. The number of nitrogens with zero attached hydrogens (tertiary/aromatic N) is 4. The zero-order valence-electron chi connectivity index (χ0n) is 15.2. The molecule has 2 heterocycles. The van der Waals surface area contributed by atoms with Gasteiger partial charge in [-0.15, -0.1) is 0 Å². The number of nitriles is 1. The van der Waals surface area contributed by atoms with E-state index in [2.05, 4.69) is 22.9 Å². The van der Waals surface area contributed by atoms with Crippen molar-refractivity contribution in [1.82, 2.24) is 9.88 Å². The molecule has 5 nitrogen and oxygen atoms in total. The van der Waals surface area contributed by atoms with Crippen LogP contribution >= 0.6 is 0 Å². The fraction of sp³-hybridized carbons (Fsp3) is 0.650. The van der Waals surface area contributed by atoms with Crippen LogP contribution in [0, 0.1) is 23.2 Å². The van der Waals surface area contributed by atoms with Gasteiger partial charge in [0.2, 0.25) is 5.91 Å². The number of hydrogen-bond donors (Lipinski definition) is 0. The van der Waals surface area contributed by atoms with Crippen LogP contribution in [0.15, 0.2) is 18.3 Å². The van der Waals surface area contributed by atoms with E-state index in [9.17, 15) is 10.1 Å². The quantitative estimate of drug-likeness (QED) is 0.848. The number of hydrogen-bond acceptors (Lipinski definition) is 4. The lowest BCUT2D eigenvalue weighted by molar-refractivity contribution is -0.132. The molecule has 0 spiro atoms. The van der Waals surface area contributed by atoms with E-state index in [-0.39, 0.29) is 0 Å². The van der Waals surface area contributed by atoms with Gasteiger partial charge in [-0.1, -0.05) is 19.8 Å². The number of anilines is 1. The first-order chi connectivity index (χ1) is 12.2. The Hall–Kier alpha value is -2.09. The van der Waals surface area contributed by atoms with Crippen molar-refractivity contribution < 1.29 is 4.79 Å². The molecule has 1 aliphatic heterocycles. The topological polar surface area (TPSA) is 60.2 Å². The second kappa shape index (κ2) is 8.33. The van der Waals surface area contributed by atoms with Crippen molar-refractivity contribution in [2.75, 3.05) is 31.1 Å². The molecular formula is C20H28N4O.